The lowest BCUT2D eigenvalue weighted by atomic mass is 9.95. The molecule has 128 valence electrons. The molecule has 2 atom stereocenters. The second kappa shape index (κ2) is 10.1. The summed E-state index contributed by atoms with van der Waals surface area (Å²) in [5.74, 6) is 0.876. The topological polar surface area (TPSA) is 61.4 Å². The van der Waals surface area contributed by atoms with Gasteiger partial charge in [-0.15, -0.1) is 12.4 Å². The number of hydrogen-bond donors (Lipinski definition) is 2. The van der Waals surface area contributed by atoms with E-state index in [4.69, 9.17) is 0 Å². The largest absolute Gasteiger partial charge is 0.355 e. The standard InChI is InChI=1S/C16H29N3O2.ClH/c1-2-5-15(20)19-9-4-7-14(12-19)16(21)18-11-13-6-3-8-17-10-13;/h13-14,17H,2-12H2,1H3,(H,18,21);1H. The highest BCUT2D eigenvalue weighted by atomic mass is 35.5. The van der Waals surface area contributed by atoms with Crippen molar-refractivity contribution < 1.29 is 9.59 Å². The average molecular weight is 332 g/mol. The highest BCUT2D eigenvalue weighted by molar-refractivity contribution is 5.85. The van der Waals surface area contributed by atoms with Gasteiger partial charge in [0.1, 0.15) is 0 Å². The van der Waals surface area contributed by atoms with E-state index in [-0.39, 0.29) is 30.1 Å². The van der Waals surface area contributed by atoms with Crippen LogP contribution in [0, 0.1) is 11.8 Å². The summed E-state index contributed by atoms with van der Waals surface area (Å²) in [5.41, 5.74) is 0. The van der Waals surface area contributed by atoms with Crippen LogP contribution in [0.3, 0.4) is 0 Å². The molecule has 0 radical (unpaired) electrons. The maximum absolute atomic E-state index is 12.3. The van der Waals surface area contributed by atoms with E-state index in [1.807, 2.05) is 11.8 Å². The van der Waals surface area contributed by atoms with Gasteiger partial charge in [0, 0.05) is 26.1 Å². The van der Waals surface area contributed by atoms with Crippen LogP contribution in [0.5, 0.6) is 0 Å². The molecule has 2 aliphatic rings. The highest BCUT2D eigenvalue weighted by Crippen LogP contribution is 2.18. The predicted molar refractivity (Wildman–Crippen MR) is 90.1 cm³/mol. The molecule has 2 saturated heterocycles. The minimum absolute atomic E-state index is 0. The molecule has 2 heterocycles. The SMILES string of the molecule is CCCC(=O)N1CCCC(C(=O)NCC2CCCNC2)C1.Cl. The molecule has 0 bridgehead atoms. The van der Waals surface area contributed by atoms with Crippen LogP contribution in [0.2, 0.25) is 0 Å². The van der Waals surface area contributed by atoms with Gasteiger partial charge >= 0.3 is 0 Å². The molecule has 2 unspecified atom stereocenters. The quantitative estimate of drug-likeness (QED) is 0.803. The first-order valence-electron chi connectivity index (χ1n) is 8.47. The van der Waals surface area contributed by atoms with E-state index in [1.165, 1.54) is 12.8 Å². The Kier molecular flexibility index (Phi) is 8.79. The van der Waals surface area contributed by atoms with Crippen molar-refractivity contribution in [2.75, 3.05) is 32.7 Å². The van der Waals surface area contributed by atoms with Crippen LogP contribution in [0.25, 0.3) is 0 Å². The van der Waals surface area contributed by atoms with Crippen molar-refractivity contribution in [1.29, 1.82) is 0 Å². The smallest absolute Gasteiger partial charge is 0.224 e. The third kappa shape index (κ3) is 5.76. The summed E-state index contributed by atoms with van der Waals surface area (Å²) < 4.78 is 0. The Morgan fingerprint density at radius 3 is 2.77 bits per heavy atom. The van der Waals surface area contributed by atoms with Crippen LogP contribution in [-0.4, -0.2) is 49.4 Å². The number of likely N-dealkylation sites (tertiary alicyclic amines) is 1. The van der Waals surface area contributed by atoms with Crippen LogP contribution in [0.15, 0.2) is 0 Å². The van der Waals surface area contributed by atoms with Gasteiger partial charge in [0.25, 0.3) is 0 Å². The van der Waals surface area contributed by atoms with Gasteiger partial charge in [0.05, 0.1) is 5.92 Å². The number of piperidine rings is 2. The number of amides is 2. The van der Waals surface area contributed by atoms with E-state index in [0.29, 0.717) is 18.9 Å². The normalized spacial score (nSPS) is 25.2. The summed E-state index contributed by atoms with van der Waals surface area (Å²) in [6, 6.07) is 0. The summed E-state index contributed by atoms with van der Waals surface area (Å²) in [4.78, 5) is 26.1. The minimum atomic E-state index is -0.0175. The molecule has 0 aromatic carbocycles. The Bertz CT molecular complexity index is 359. The fraction of sp³-hybridized carbons (Fsp3) is 0.875. The molecule has 0 aromatic heterocycles. The van der Waals surface area contributed by atoms with Crippen molar-refractivity contribution >= 4 is 24.2 Å². The second-order valence-electron chi connectivity index (χ2n) is 6.39. The molecule has 2 aliphatic heterocycles. The van der Waals surface area contributed by atoms with Crippen LogP contribution in [0.4, 0.5) is 0 Å². The van der Waals surface area contributed by atoms with Gasteiger partial charge in [0.2, 0.25) is 11.8 Å². The molecule has 2 amide bonds. The van der Waals surface area contributed by atoms with Gasteiger partial charge < -0.3 is 15.5 Å². The molecule has 2 N–H and O–H groups in total. The zero-order valence-electron chi connectivity index (χ0n) is 13.6. The Hall–Kier alpha value is -0.810. The third-order valence-electron chi connectivity index (χ3n) is 4.57. The summed E-state index contributed by atoms with van der Waals surface area (Å²) in [6.45, 7) is 6.31. The van der Waals surface area contributed by atoms with E-state index in [9.17, 15) is 9.59 Å². The summed E-state index contributed by atoms with van der Waals surface area (Å²) in [7, 11) is 0. The van der Waals surface area contributed by atoms with Crippen molar-refractivity contribution in [3.63, 3.8) is 0 Å². The van der Waals surface area contributed by atoms with Crippen molar-refractivity contribution in [3.8, 4) is 0 Å². The molecule has 6 heteroatoms. The number of carbonyl (C=O) groups is 2. The molecule has 5 nitrogen and oxygen atoms in total. The third-order valence-corrected chi connectivity index (χ3v) is 4.57. The minimum Gasteiger partial charge on any atom is -0.355 e. The first-order chi connectivity index (χ1) is 10.2. The maximum Gasteiger partial charge on any atom is 0.224 e. The van der Waals surface area contributed by atoms with E-state index in [0.717, 1.165) is 45.4 Å². The number of nitrogens with zero attached hydrogens (tertiary/aromatic N) is 1. The zero-order chi connectivity index (χ0) is 15.1. The van der Waals surface area contributed by atoms with Gasteiger partial charge in [-0.3, -0.25) is 9.59 Å². The van der Waals surface area contributed by atoms with Gasteiger partial charge in [-0.1, -0.05) is 6.92 Å². The first-order valence-corrected chi connectivity index (χ1v) is 8.47. The molecule has 0 spiro atoms. The Labute approximate surface area is 140 Å². The van der Waals surface area contributed by atoms with Gasteiger partial charge in [-0.25, -0.2) is 0 Å². The van der Waals surface area contributed by atoms with Crippen LogP contribution in [0.1, 0.15) is 45.4 Å². The molecule has 2 rings (SSSR count). The number of carbonyl (C=O) groups excluding carboxylic acids is 2. The number of rotatable bonds is 5. The lowest BCUT2D eigenvalue weighted by molar-refractivity contribution is -0.135. The Morgan fingerprint density at radius 2 is 2.09 bits per heavy atom. The molecule has 0 saturated carbocycles. The summed E-state index contributed by atoms with van der Waals surface area (Å²) >= 11 is 0. The van der Waals surface area contributed by atoms with E-state index in [1.54, 1.807) is 0 Å². The monoisotopic (exact) mass is 331 g/mol. The molecule has 0 aromatic rings. The second-order valence-corrected chi connectivity index (χ2v) is 6.39. The molecular weight excluding hydrogens is 302 g/mol. The molecular formula is C16H30ClN3O2. The highest BCUT2D eigenvalue weighted by Gasteiger charge is 2.28. The molecule has 0 aliphatic carbocycles. The zero-order valence-corrected chi connectivity index (χ0v) is 14.4. The van der Waals surface area contributed by atoms with Gasteiger partial charge in [-0.05, 0) is 51.1 Å². The van der Waals surface area contributed by atoms with Crippen LogP contribution < -0.4 is 10.6 Å². The van der Waals surface area contributed by atoms with Crippen LogP contribution >= 0.6 is 12.4 Å². The summed E-state index contributed by atoms with van der Waals surface area (Å²) in [6.07, 6.45) is 5.72. The van der Waals surface area contributed by atoms with E-state index >= 15 is 0 Å². The van der Waals surface area contributed by atoms with Crippen LogP contribution in [-0.2, 0) is 9.59 Å². The maximum atomic E-state index is 12.3. The van der Waals surface area contributed by atoms with Crippen molar-refractivity contribution in [2.45, 2.75) is 45.4 Å². The van der Waals surface area contributed by atoms with Gasteiger partial charge in [-0.2, -0.15) is 0 Å². The average Bonchev–Trinajstić information content (AvgIpc) is 2.54. The Morgan fingerprint density at radius 1 is 1.27 bits per heavy atom. The molecule has 2 fully saturated rings. The van der Waals surface area contributed by atoms with Crippen molar-refractivity contribution in [3.05, 3.63) is 0 Å². The number of nitrogens with one attached hydrogen (secondary N) is 2. The van der Waals surface area contributed by atoms with Crippen molar-refractivity contribution in [1.82, 2.24) is 15.5 Å². The predicted octanol–water partition coefficient (Wildman–Crippen LogP) is 1.56. The lowest BCUT2D eigenvalue weighted by Crippen LogP contribution is -2.47. The fourth-order valence-electron chi connectivity index (χ4n) is 3.28. The van der Waals surface area contributed by atoms with Gasteiger partial charge in [0.15, 0.2) is 0 Å². The van der Waals surface area contributed by atoms with E-state index < -0.39 is 0 Å². The summed E-state index contributed by atoms with van der Waals surface area (Å²) in [5, 5.41) is 6.47. The Balaban J connectivity index is 0.00000242. The fourth-order valence-corrected chi connectivity index (χ4v) is 3.28. The van der Waals surface area contributed by atoms with Crippen molar-refractivity contribution in [2.24, 2.45) is 11.8 Å². The van der Waals surface area contributed by atoms with E-state index in [2.05, 4.69) is 10.6 Å². The number of hydrogen-bond acceptors (Lipinski definition) is 3. The number of halogens is 1. The molecule has 22 heavy (non-hydrogen) atoms. The first kappa shape index (κ1) is 19.2. The lowest BCUT2D eigenvalue weighted by Gasteiger charge is -2.32.